The van der Waals surface area contributed by atoms with E-state index in [1.165, 1.54) is 31.4 Å². The van der Waals surface area contributed by atoms with Crippen molar-refractivity contribution in [3.05, 3.63) is 53.1 Å². The number of rotatable bonds is 5. The van der Waals surface area contributed by atoms with Crippen LogP contribution < -0.4 is 4.74 Å². The van der Waals surface area contributed by atoms with E-state index < -0.39 is 46.8 Å². The van der Waals surface area contributed by atoms with Crippen LogP contribution in [-0.2, 0) is 26.0 Å². The van der Waals surface area contributed by atoms with Gasteiger partial charge in [0.25, 0.3) is 0 Å². The molecule has 0 spiro atoms. The molecule has 0 amide bonds. The largest absolute Gasteiger partial charge is 0.497 e. The van der Waals surface area contributed by atoms with Crippen molar-refractivity contribution in [1.29, 1.82) is 0 Å². The Morgan fingerprint density at radius 1 is 0.968 bits per heavy atom. The first-order chi connectivity index (χ1) is 14.4. The Kier molecular flexibility index (Phi) is 6.62. The lowest BCUT2D eigenvalue weighted by molar-refractivity contribution is -0.137. The van der Waals surface area contributed by atoms with Gasteiger partial charge in [0.2, 0.25) is 10.0 Å². The number of piperidine rings is 1. The first-order valence-electron chi connectivity index (χ1n) is 9.12. The van der Waals surface area contributed by atoms with Crippen molar-refractivity contribution in [1.82, 2.24) is 4.31 Å². The molecule has 31 heavy (non-hydrogen) atoms. The van der Waals surface area contributed by atoms with Gasteiger partial charge in [-0.15, -0.1) is 0 Å². The summed E-state index contributed by atoms with van der Waals surface area (Å²) in [5.74, 6) is 0.501. The van der Waals surface area contributed by atoms with E-state index in [1.54, 1.807) is 0 Å². The quantitative estimate of drug-likeness (QED) is 0.624. The van der Waals surface area contributed by atoms with Crippen LogP contribution in [0.2, 0.25) is 5.02 Å². The third-order valence-electron chi connectivity index (χ3n) is 5.11. The van der Waals surface area contributed by atoms with Gasteiger partial charge < -0.3 is 4.74 Å². The molecule has 1 aliphatic rings. The van der Waals surface area contributed by atoms with Gasteiger partial charge in [0.1, 0.15) is 5.75 Å². The zero-order valence-corrected chi connectivity index (χ0v) is 18.7. The number of alkyl halides is 3. The predicted molar refractivity (Wildman–Crippen MR) is 108 cm³/mol. The van der Waals surface area contributed by atoms with Crippen LogP contribution in [0.5, 0.6) is 5.75 Å². The first-order valence-corrected chi connectivity index (χ1v) is 12.5. The van der Waals surface area contributed by atoms with Crippen LogP contribution in [0.15, 0.2) is 52.3 Å². The van der Waals surface area contributed by atoms with Crippen LogP contribution >= 0.6 is 11.6 Å². The van der Waals surface area contributed by atoms with E-state index in [1.807, 2.05) is 0 Å². The third kappa shape index (κ3) is 4.84. The zero-order valence-electron chi connectivity index (χ0n) is 16.3. The highest BCUT2D eigenvalue weighted by atomic mass is 35.5. The molecule has 0 saturated carbocycles. The summed E-state index contributed by atoms with van der Waals surface area (Å²) in [7, 11) is -6.48. The summed E-state index contributed by atoms with van der Waals surface area (Å²) in [4.78, 5) is -0.442. The molecule has 6 nitrogen and oxygen atoms in total. The van der Waals surface area contributed by atoms with Crippen molar-refractivity contribution < 1.29 is 34.7 Å². The second-order valence-electron chi connectivity index (χ2n) is 6.96. The van der Waals surface area contributed by atoms with Crippen LogP contribution in [0.4, 0.5) is 13.2 Å². The number of sulfonamides is 1. The molecule has 1 heterocycles. The molecule has 3 rings (SSSR count). The molecular weight excluding hydrogens is 479 g/mol. The Bertz CT molecular complexity index is 1160. The van der Waals surface area contributed by atoms with E-state index in [0.717, 1.165) is 16.4 Å². The van der Waals surface area contributed by atoms with E-state index in [0.29, 0.717) is 11.8 Å². The number of halogens is 4. The lowest BCUT2D eigenvalue weighted by Crippen LogP contribution is -2.42. The lowest BCUT2D eigenvalue weighted by Gasteiger charge is -2.31. The summed E-state index contributed by atoms with van der Waals surface area (Å²) in [6.45, 7) is -0.265. The molecule has 0 unspecified atom stereocenters. The van der Waals surface area contributed by atoms with Gasteiger partial charge in [-0.05, 0) is 55.3 Å². The van der Waals surface area contributed by atoms with Crippen molar-refractivity contribution in [2.75, 3.05) is 20.2 Å². The summed E-state index contributed by atoms with van der Waals surface area (Å²) in [6.07, 6.45) is -4.76. The van der Waals surface area contributed by atoms with Crippen molar-refractivity contribution >= 4 is 31.5 Å². The number of ether oxygens (including phenoxy) is 1. The Morgan fingerprint density at radius 3 is 2.03 bits per heavy atom. The molecule has 12 heteroatoms. The van der Waals surface area contributed by atoms with Gasteiger partial charge in [-0.1, -0.05) is 11.6 Å². The van der Waals surface area contributed by atoms with Gasteiger partial charge in [-0.2, -0.15) is 17.5 Å². The summed E-state index contributed by atoms with van der Waals surface area (Å²) in [6, 6.07) is 8.27. The van der Waals surface area contributed by atoms with Gasteiger partial charge in [0, 0.05) is 13.1 Å². The van der Waals surface area contributed by atoms with Crippen LogP contribution in [0.25, 0.3) is 0 Å². The summed E-state index contributed by atoms with van der Waals surface area (Å²) in [5, 5.41) is -1.40. The number of hydrogen-bond acceptors (Lipinski definition) is 5. The first kappa shape index (κ1) is 23.8. The Morgan fingerprint density at radius 2 is 1.52 bits per heavy atom. The second-order valence-corrected chi connectivity index (χ2v) is 11.5. The van der Waals surface area contributed by atoms with Crippen LogP contribution in [-0.4, -0.2) is 46.6 Å². The molecule has 2 aromatic carbocycles. The van der Waals surface area contributed by atoms with E-state index in [2.05, 4.69) is 0 Å². The fraction of sp³-hybridized carbons (Fsp3) is 0.368. The molecule has 0 N–H and O–H groups in total. The fourth-order valence-electron chi connectivity index (χ4n) is 3.37. The van der Waals surface area contributed by atoms with Crippen molar-refractivity contribution in [3.8, 4) is 5.75 Å². The highest BCUT2D eigenvalue weighted by Gasteiger charge is 2.38. The van der Waals surface area contributed by atoms with E-state index in [9.17, 15) is 30.0 Å². The van der Waals surface area contributed by atoms with Gasteiger partial charge in [0.05, 0.1) is 32.7 Å². The number of sulfone groups is 1. The molecule has 1 aliphatic heterocycles. The van der Waals surface area contributed by atoms with Crippen molar-refractivity contribution in [2.45, 2.75) is 34.1 Å². The molecule has 1 fully saturated rings. The lowest BCUT2D eigenvalue weighted by atomic mass is 10.2. The Labute approximate surface area is 183 Å². The van der Waals surface area contributed by atoms with E-state index in [4.69, 9.17) is 16.3 Å². The molecular formula is C19H19ClF3NO5S2. The number of benzene rings is 2. The summed E-state index contributed by atoms with van der Waals surface area (Å²) < 4.78 is 96.6. The minimum atomic E-state index is -4.80. The predicted octanol–water partition coefficient (Wildman–Crippen LogP) is 3.99. The monoisotopic (exact) mass is 497 g/mol. The standard InChI is InChI=1S/C19H19ClF3NO5S2/c1-29-13-2-4-14(5-3-13)30(25,26)15-8-10-24(11-9-15)31(27,28)16-6-7-18(20)17(12-16)19(21,22)23/h2-7,12,15H,8-11H2,1H3. The van der Waals surface area contributed by atoms with Gasteiger partial charge in [0.15, 0.2) is 9.84 Å². The summed E-state index contributed by atoms with van der Waals surface area (Å²) >= 11 is 5.56. The molecule has 0 aliphatic carbocycles. The molecule has 2 aromatic rings. The van der Waals surface area contributed by atoms with Crippen molar-refractivity contribution in [3.63, 3.8) is 0 Å². The molecule has 0 atom stereocenters. The highest BCUT2D eigenvalue weighted by molar-refractivity contribution is 7.92. The second kappa shape index (κ2) is 8.61. The maximum atomic E-state index is 13.1. The van der Waals surface area contributed by atoms with E-state index >= 15 is 0 Å². The third-order valence-corrected chi connectivity index (χ3v) is 9.61. The Hall–Kier alpha value is -1.82. The SMILES string of the molecule is COc1ccc(S(=O)(=O)C2CCN(S(=O)(=O)c3ccc(Cl)c(C(F)(F)F)c3)CC2)cc1. The average Bonchev–Trinajstić information content (AvgIpc) is 2.73. The number of methoxy groups -OCH3 is 1. The molecule has 1 saturated heterocycles. The topological polar surface area (TPSA) is 80.8 Å². The molecule has 0 radical (unpaired) electrons. The van der Waals surface area contributed by atoms with Gasteiger partial charge in [-0.25, -0.2) is 16.8 Å². The molecule has 0 aromatic heterocycles. The zero-order chi connectivity index (χ0) is 23.0. The number of hydrogen-bond donors (Lipinski definition) is 0. The van der Waals surface area contributed by atoms with Crippen LogP contribution in [0.3, 0.4) is 0 Å². The molecule has 0 bridgehead atoms. The van der Waals surface area contributed by atoms with E-state index in [-0.39, 0.29) is 30.8 Å². The smallest absolute Gasteiger partial charge is 0.417 e. The normalized spacial score (nSPS) is 16.9. The van der Waals surface area contributed by atoms with Crippen molar-refractivity contribution in [2.24, 2.45) is 0 Å². The number of nitrogens with zero attached hydrogens (tertiary/aromatic N) is 1. The summed E-state index contributed by atoms with van der Waals surface area (Å²) in [5.41, 5.74) is -1.24. The maximum Gasteiger partial charge on any atom is 0.417 e. The van der Waals surface area contributed by atoms with Gasteiger partial charge in [-0.3, -0.25) is 0 Å². The van der Waals surface area contributed by atoms with Crippen LogP contribution in [0, 0.1) is 0 Å². The minimum Gasteiger partial charge on any atom is -0.497 e. The fourth-order valence-corrected chi connectivity index (χ4v) is 6.82. The molecule has 170 valence electrons. The van der Waals surface area contributed by atoms with Crippen LogP contribution in [0.1, 0.15) is 18.4 Å². The van der Waals surface area contributed by atoms with Gasteiger partial charge >= 0.3 is 6.18 Å². The Balaban J connectivity index is 1.78. The highest BCUT2D eigenvalue weighted by Crippen LogP contribution is 2.37. The maximum absolute atomic E-state index is 13.1. The minimum absolute atomic E-state index is 0.0211. The average molecular weight is 498 g/mol.